The van der Waals surface area contributed by atoms with E-state index in [0.717, 1.165) is 29.1 Å². The van der Waals surface area contributed by atoms with Gasteiger partial charge in [0.15, 0.2) is 5.82 Å². The van der Waals surface area contributed by atoms with Gasteiger partial charge in [-0.3, -0.25) is 4.79 Å². The number of fused-ring (bicyclic) bond motifs is 2. The number of hydrogen-bond donors (Lipinski definition) is 2. The number of aryl methyl sites for hydroxylation is 1. The summed E-state index contributed by atoms with van der Waals surface area (Å²) in [5.74, 6) is 1.38. The molecule has 6 rings (SSSR count). The third-order valence-corrected chi connectivity index (χ3v) is 7.38. The fourth-order valence-electron chi connectivity index (χ4n) is 5.25. The monoisotopic (exact) mass is 487 g/mol. The molecule has 2 fully saturated rings. The normalized spacial score (nSPS) is 20.2. The van der Waals surface area contributed by atoms with Gasteiger partial charge in [-0.1, -0.05) is 18.2 Å². The Morgan fingerprint density at radius 2 is 1.92 bits per heavy atom. The molecule has 3 heterocycles. The van der Waals surface area contributed by atoms with E-state index in [1.807, 2.05) is 19.2 Å². The molecule has 4 aromatic rings. The van der Waals surface area contributed by atoms with Gasteiger partial charge in [0, 0.05) is 36.6 Å². The van der Waals surface area contributed by atoms with Gasteiger partial charge in [-0.2, -0.15) is 0 Å². The van der Waals surface area contributed by atoms with Crippen molar-refractivity contribution in [1.29, 1.82) is 0 Å². The highest BCUT2D eigenvalue weighted by molar-refractivity contribution is 5.98. The Balaban J connectivity index is 1.34. The number of piperidine rings is 1. The number of nitrogens with two attached hydrogens (primary N) is 1. The van der Waals surface area contributed by atoms with Gasteiger partial charge >= 0.3 is 6.09 Å². The second kappa shape index (κ2) is 8.67. The number of imidazole rings is 1. The number of aliphatic hydroxyl groups is 1. The van der Waals surface area contributed by atoms with Crippen LogP contribution in [-0.4, -0.2) is 61.4 Å². The minimum atomic E-state index is -0.963. The van der Waals surface area contributed by atoms with Gasteiger partial charge in [0.05, 0.1) is 29.4 Å². The van der Waals surface area contributed by atoms with E-state index in [4.69, 9.17) is 15.5 Å². The smallest absolute Gasteiger partial charge is 0.404 e. The molecule has 2 aliphatic rings. The number of benzene rings is 2. The van der Waals surface area contributed by atoms with Crippen molar-refractivity contribution in [1.82, 2.24) is 19.0 Å². The van der Waals surface area contributed by atoms with Crippen molar-refractivity contribution in [3.05, 3.63) is 54.1 Å². The highest BCUT2D eigenvalue weighted by Crippen LogP contribution is 2.36. The maximum atomic E-state index is 13.3. The Bertz CT molecular complexity index is 1480. The lowest BCUT2D eigenvalue weighted by Crippen LogP contribution is -2.51. The zero-order valence-corrected chi connectivity index (χ0v) is 20.1. The molecule has 1 aliphatic heterocycles. The molecule has 0 spiro atoms. The molecule has 36 heavy (non-hydrogen) atoms. The summed E-state index contributed by atoms with van der Waals surface area (Å²) in [4.78, 5) is 31.0. The van der Waals surface area contributed by atoms with Crippen LogP contribution in [0.2, 0.25) is 0 Å². The lowest BCUT2D eigenvalue weighted by molar-refractivity contribution is -0.0383. The molecule has 2 atom stereocenters. The van der Waals surface area contributed by atoms with Crippen LogP contribution in [0.1, 0.15) is 29.6 Å². The van der Waals surface area contributed by atoms with Crippen molar-refractivity contribution in [3.63, 3.8) is 0 Å². The predicted molar refractivity (Wildman–Crippen MR) is 135 cm³/mol. The van der Waals surface area contributed by atoms with Crippen LogP contribution in [0.4, 0.5) is 4.79 Å². The van der Waals surface area contributed by atoms with Crippen LogP contribution < -0.4 is 5.73 Å². The van der Waals surface area contributed by atoms with Crippen molar-refractivity contribution in [2.24, 2.45) is 18.7 Å². The first-order chi connectivity index (χ1) is 17.4. The molecule has 2 aromatic heterocycles. The number of hydrogen-bond acceptors (Lipinski definition) is 5. The Kier molecular flexibility index (Phi) is 5.44. The highest BCUT2D eigenvalue weighted by Gasteiger charge is 2.33. The number of aliphatic hydroxyl groups excluding tert-OH is 1. The second-order valence-electron chi connectivity index (χ2n) is 9.92. The number of primary amides is 1. The van der Waals surface area contributed by atoms with Crippen molar-refractivity contribution in [3.8, 4) is 11.5 Å². The van der Waals surface area contributed by atoms with Crippen LogP contribution in [-0.2, 0) is 18.3 Å². The van der Waals surface area contributed by atoms with Crippen LogP contribution in [0, 0.1) is 5.92 Å². The molecule has 3 N–H and O–H groups in total. The van der Waals surface area contributed by atoms with Crippen LogP contribution in [0.25, 0.3) is 33.5 Å². The number of carbonyl (C=O) groups is 2. The van der Waals surface area contributed by atoms with Gasteiger partial charge in [0.25, 0.3) is 5.91 Å². The number of ether oxygens (including phenoxy) is 1. The number of rotatable bonds is 5. The maximum absolute atomic E-state index is 13.3. The average Bonchev–Trinajstić information content (AvgIpc) is 3.54. The molecule has 0 unspecified atom stereocenters. The molecule has 1 saturated carbocycles. The molecule has 1 saturated heterocycles. The summed E-state index contributed by atoms with van der Waals surface area (Å²) in [6, 6.07) is 16.1. The summed E-state index contributed by atoms with van der Waals surface area (Å²) in [5.41, 5.74) is 9.59. The number of likely N-dealkylation sites (tertiary alicyclic amines) is 1. The summed E-state index contributed by atoms with van der Waals surface area (Å²) in [6.45, 7) is 1.44. The standard InChI is InChI=1S/C27H29N5O4/c1-30-21-9-8-18(26(34)31-11-10-23(33)24(15-31)36-27(28)35)12-19(21)29-25(30)22-13-17-4-2-3-5-20(17)32(22)14-16-6-7-16/h2-5,8-9,12-13,16,23-24,33H,6-7,10-11,14-15H2,1H3,(H2,28,35)/t23-,24+/m1/s1. The molecule has 2 aromatic carbocycles. The second-order valence-corrected chi connectivity index (χ2v) is 9.92. The number of carbonyl (C=O) groups excluding carboxylic acids is 2. The zero-order chi connectivity index (χ0) is 25.0. The van der Waals surface area contributed by atoms with Crippen LogP contribution in [0.5, 0.6) is 0 Å². The minimum absolute atomic E-state index is 0.0930. The first-order valence-corrected chi connectivity index (χ1v) is 12.4. The topological polar surface area (TPSA) is 116 Å². The van der Waals surface area contributed by atoms with Crippen molar-refractivity contribution in [2.75, 3.05) is 13.1 Å². The highest BCUT2D eigenvalue weighted by atomic mass is 16.6. The molecule has 186 valence electrons. The fourth-order valence-corrected chi connectivity index (χ4v) is 5.25. The molecular weight excluding hydrogens is 458 g/mol. The predicted octanol–water partition coefficient (Wildman–Crippen LogP) is 3.28. The SMILES string of the molecule is Cn1c(-c2cc3ccccc3n2CC2CC2)nc2cc(C(=O)N3CC[C@@H](O)[C@@H](OC(N)=O)C3)ccc21. The van der Waals surface area contributed by atoms with E-state index in [1.54, 1.807) is 11.0 Å². The third-order valence-electron chi connectivity index (χ3n) is 7.38. The summed E-state index contributed by atoms with van der Waals surface area (Å²) >= 11 is 0. The first-order valence-electron chi connectivity index (χ1n) is 12.4. The zero-order valence-electron chi connectivity index (χ0n) is 20.1. The van der Waals surface area contributed by atoms with Gasteiger partial charge in [-0.25, -0.2) is 9.78 Å². The molecule has 0 radical (unpaired) electrons. The number of aromatic nitrogens is 3. The first kappa shape index (κ1) is 22.6. The number of para-hydroxylation sites is 1. The van der Waals surface area contributed by atoms with Crippen LogP contribution in [0.15, 0.2) is 48.5 Å². The Morgan fingerprint density at radius 1 is 1.11 bits per heavy atom. The quantitative estimate of drug-likeness (QED) is 0.448. The van der Waals surface area contributed by atoms with Gasteiger partial charge in [0.2, 0.25) is 0 Å². The molecular formula is C27H29N5O4. The number of nitrogens with zero attached hydrogens (tertiary/aromatic N) is 4. The van der Waals surface area contributed by atoms with E-state index in [-0.39, 0.29) is 12.5 Å². The fraction of sp³-hybridized carbons (Fsp3) is 0.370. The average molecular weight is 488 g/mol. The summed E-state index contributed by atoms with van der Waals surface area (Å²) in [6.07, 6.45) is 0.196. The molecule has 0 bridgehead atoms. The Labute approximate surface area is 208 Å². The van der Waals surface area contributed by atoms with Gasteiger partial charge in [0.1, 0.15) is 6.10 Å². The summed E-state index contributed by atoms with van der Waals surface area (Å²) in [5, 5.41) is 11.3. The lowest BCUT2D eigenvalue weighted by atomic mass is 10.0. The third kappa shape index (κ3) is 3.99. The van der Waals surface area contributed by atoms with Gasteiger partial charge in [-0.05, 0) is 55.5 Å². The van der Waals surface area contributed by atoms with Crippen LogP contribution in [0.3, 0.4) is 0 Å². The summed E-state index contributed by atoms with van der Waals surface area (Å²) < 4.78 is 9.45. The largest absolute Gasteiger partial charge is 0.442 e. The number of amides is 2. The Hall–Kier alpha value is -3.85. The Morgan fingerprint density at radius 3 is 2.69 bits per heavy atom. The van der Waals surface area contributed by atoms with E-state index in [9.17, 15) is 14.7 Å². The van der Waals surface area contributed by atoms with E-state index in [2.05, 4.69) is 39.5 Å². The van der Waals surface area contributed by atoms with E-state index in [1.165, 1.54) is 23.7 Å². The minimum Gasteiger partial charge on any atom is -0.442 e. The van der Waals surface area contributed by atoms with Crippen molar-refractivity contribution >= 4 is 33.9 Å². The van der Waals surface area contributed by atoms with E-state index in [0.29, 0.717) is 24.4 Å². The van der Waals surface area contributed by atoms with E-state index >= 15 is 0 Å². The van der Waals surface area contributed by atoms with Crippen LogP contribution >= 0.6 is 0 Å². The van der Waals surface area contributed by atoms with Crippen molar-refractivity contribution in [2.45, 2.75) is 38.0 Å². The summed E-state index contributed by atoms with van der Waals surface area (Å²) in [7, 11) is 2.00. The lowest BCUT2D eigenvalue weighted by Gasteiger charge is -2.35. The van der Waals surface area contributed by atoms with Gasteiger partial charge < -0.3 is 29.6 Å². The molecule has 1 aliphatic carbocycles. The molecule has 9 nitrogen and oxygen atoms in total. The van der Waals surface area contributed by atoms with Crippen molar-refractivity contribution < 1.29 is 19.4 Å². The molecule has 2 amide bonds. The maximum Gasteiger partial charge on any atom is 0.404 e. The van der Waals surface area contributed by atoms with Gasteiger partial charge in [-0.15, -0.1) is 0 Å². The van der Waals surface area contributed by atoms with E-state index < -0.39 is 18.3 Å². The molecule has 9 heteroatoms.